The fourth-order valence-electron chi connectivity index (χ4n) is 2.14. The fourth-order valence-corrected chi connectivity index (χ4v) is 2.14. The highest BCUT2D eigenvalue weighted by Crippen LogP contribution is 2.26. The lowest BCUT2D eigenvalue weighted by Gasteiger charge is -2.13. The molecule has 2 rings (SSSR count). The van der Waals surface area contributed by atoms with Gasteiger partial charge in [0, 0.05) is 0 Å². The SMILES string of the molecule is Cc1cc(O)ccc1[C@@H](C#N)Cc1ccc(O)cc1. The first-order chi connectivity index (χ1) is 9.10. The average Bonchev–Trinajstić information content (AvgIpc) is 2.39. The van der Waals surface area contributed by atoms with E-state index in [1.165, 1.54) is 0 Å². The second-order valence-corrected chi connectivity index (χ2v) is 4.59. The summed E-state index contributed by atoms with van der Waals surface area (Å²) in [7, 11) is 0. The van der Waals surface area contributed by atoms with Crippen LogP contribution in [-0.4, -0.2) is 10.2 Å². The molecule has 0 fully saturated rings. The van der Waals surface area contributed by atoms with Crippen LogP contribution >= 0.6 is 0 Å². The maximum Gasteiger partial charge on any atom is 0.115 e. The fraction of sp³-hybridized carbons (Fsp3) is 0.188. The monoisotopic (exact) mass is 253 g/mol. The zero-order valence-electron chi connectivity index (χ0n) is 10.7. The average molecular weight is 253 g/mol. The van der Waals surface area contributed by atoms with Crippen LogP contribution in [0.5, 0.6) is 11.5 Å². The van der Waals surface area contributed by atoms with Crippen molar-refractivity contribution in [1.82, 2.24) is 0 Å². The molecule has 0 saturated heterocycles. The number of hydrogen-bond acceptors (Lipinski definition) is 3. The molecule has 0 bridgehead atoms. The molecule has 3 nitrogen and oxygen atoms in total. The van der Waals surface area contributed by atoms with Crippen molar-refractivity contribution in [2.45, 2.75) is 19.3 Å². The molecule has 2 aromatic carbocycles. The van der Waals surface area contributed by atoms with Crippen molar-refractivity contribution in [2.24, 2.45) is 0 Å². The van der Waals surface area contributed by atoms with Gasteiger partial charge in [-0.1, -0.05) is 18.2 Å². The third-order valence-corrected chi connectivity index (χ3v) is 3.16. The third kappa shape index (κ3) is 3.05. The van der Waals surface area contributed by atoms with Crippen LogP contribution in [0.2, 0.25) is 0 Å². The number of rotatable bonds is 3. The number of nitriles is 1. The Hall–Kier alpha value is -2.47. The quantitative estimate of drug-likeness (QED) is 0.882. The van der Waals surface area contributed by atoms with Crippen molar-refractivity contribution in [2.75, 3.05) is 0 Å². The molecule has 2 aromatic rings. The van der Waals surface area contributed by atoms with Gasteiger partial charge in [-0.25, -0.2) is 0 Å². The van der Waals surface area contributed by atoms with Gasteiger partial charge in [-0.15, -0.1) is 0 Å². The summed E-state index contributed by atoms with van der Waals surface area (Å²) in [5, 5.41) is 28.0. The smallest absolute Gasteiger partial charge is 0.115 e. The largest absolute Gasteiger partial charge is 0.508 e. The first kappa shape index (κ1) is 13.0. The van der Waals surface area contributed by atoms with E-state index in [1.807, 2.05) is 19.1 Å². The zero-order chi connectivity index (χ0) is 13.8. The number of phenolic OH excluding ortho intramolecular Hbond substituents is 2. The number of nitrogens with zero attached hydrogens (tertiary/aromatic N) is 1. The van der Waals surface area contributed by atoms with Gasteiger partial charge in [-0.3, -0.25) is 0 Å². The van der Waals surface area contributed by atoms with Gasteiger partial charge in [0.25, 0.3) is 0 Å². The highest BCUT2D eigenvalue weighted by atomic mass is 16.3. The lowest BCUT2D eigenvalue weighted by atomic mass is 9.90. The number of hydrogen-bond donors (Lipinski definition) is 2. The van der Waals surface area contributed by atoms with Crippen molar-refractivity contribution < 1.29 is 10.2 Å². The molecule has 19 heavy (non-hydrogen) atoms. The molecule has 0 radical (unpaired) electrons. The lowest BCUT2D eigenvalue weighted by Crippen LogP contribution is -2.02. The van der Waals surface area contributed by atoms with Crippen LogP contribution in [0.25, 0.3) is 0 Å². The third-order valence-electron chi connectivity index (χ3n) is 3.16. The topological polar surface area (TPSA) is 64.2 Å². The van der Waals surface area contributed by atoms with Crippen LogP contribution in [0.3, 0.4) is 0 Å². The van der Waals surface area contributed by atoms with Gasteiger partial charge >= 0.3 is 0 Å². The Labute approximate surface area is 112 Å². The number of benzene rings is 2. The predicted octanol–water partition coefficient (Wildman–Crippen LogP) is 3.26. The molecular formula is C16H15NO2. The predicted molar refractivity (Wildman–Crippen MR) is 73.0 cm³/mol. The first-order valence-electron chi connectivity index (χ1n) is 6.07. The molecule has 3 heteroatoms. The molecule has 0 amide bonds. The maximum atomic E-state index is 9.40. The van der Waals surface area contributed by atoms with Crippen molar-refractivity contribution in [1.29, 1.82) is 5.26 Å². The minimum Gasteiger partial charge on any atom is -0.508 e. The van der Waals surface area contributed by atoms with E-state index in [2.05, 4.69) is 6.07 Å². The van der Waals surface area contributed by atoms with Gasteiger partial charge in [0.05, 0.1) is 12.0 Å². The zero-order valence-corrected chi connectivity index (χ0v) is 10.7. The van der Waals surface area contributed by atoms with Crippen LogP contribution < -0.4 is 0 Å². The number of aryl methyl sites for hydroxylation is 1. The summed E-state index contributed by atoms with van der Waals surface area (Å²) in [5.41, 5.74) is 2.83. The summed E-state index contributed by atoms with van der Waals surface area (Å²) in [4.78, 5) is 0. The highest BCUT2D eigenvalue weighted by Gasteiger charge is 2.14. The maximum absolute atomic E-state index is 9.40. The van der Waals surface area contributed by atoms with E-state index in [9.17, 15) is 15.5 Å². The van der Waals surface area contributed by atoms with E-state index in [-0.39, 0.29) is 17.4 Å². The standard InChI is InChI=1S/C16H15NO2/c1-11-8-15(19)6-7-16(11)13(10-17)9-12-2-4-14(18)5-3-12/h2-8,13,18-19H,9H2,1H3/t13-/m1/s1. The molecule has 0 aliphatic carbocycles. The van der Waals surface area contributed by atoms with Crippen LogP contribution in [0, 0.1) is 18.3 Å². The Balaban J connectivity index is 2.25. The lowest BCUT2D eigenvalue weighted by molar-refractivity contribution is 0.474. The van der Waals surface area contributed by atoms with Gasteiger partial charge < -0.3 is 10.2 Å². The Morgan fingerprint density at radius 1 is 1.05 bits per heavy atom. The number of phenols is 2. The summed E-state index contributed by atoms with van der Waals surface area (Å²) in [5.74, 6) is 0.172. The molecule has 0 saturated carbocycles. The Bertz CT molecular complexity index is 612. The molecule has 0 aliphatic heterocycles. The summed E-state index contributed by atoms with van der Waals surface area (Å²) in [6.45, 7) is 1.89. The van der Waals surface area contributed by atoms with Crippen molar-refractivity contribution in [3.8, 4) is 17.6 Å². The molecule has 0 aromatic heterocycles. The van der Waals surface area contributed by atoms with Crippen molar-refractivity contribution >= 4 is 0 Å². The first-order valence-corrected chi connectivity index (χ1v) is 6.07. The van der Waals surface area contributed by atoms with Crippen LogP contribution in [0.15, 0.2) is 42.5 Å². The van der Waals surface area contributed by atoms with Crippen LogP contribution in [0.1, 0.15) is 22.6 Å². The summed E-state index contributed by atoms with van der Waals surface area (Å²) in [6.07, 6.45) is 0.586. The molecule has 2 N–H and O–H groups in total. The van der Waals surface area contributed by atoms with Gasteiger partial charge in [0.1, 0.15) is 11.5 Å². The Morgan fingerprint density at radius 3 is 2.26 bits per heavy atom. The Kier molecular flexibility index (Phi) is 3.72. The molecular weight excluding hydrogens is 238 g/mol. The van der Waals surface area contributed by atoms with E-state index in [0.29, 0.717) is 6.42 Å². The van der Waals surface area contributed by atoms with Gasteiger partial charge in [-0.05, 0) is 54.3 Å². The summed E-state index contributed by atoms with van der Waals surface area (Å²) < 4.78 is 0. The van der Waals surface area contributed by atoms with Crippen LogP contribution in [-0.2, 0) is 6.42 Å². The minimum atomic E-state index is -0.259. The van der Waals surface area contributed by atoms with E-state index in [0.717, 1.165) is 16.7 Å². The summed E-state index contributed by atoms with van der Waals surface area (Å²) in [6, 6.07) is 14.2. The molecule has 1 atom stereocenters. The molecule has 96 valence electrons. The van der Waals surface area contributed by atoms with Crippen molar-refractivity contribution in [3.63, 3.8) is 0 Å². The molecule has 0 aliphatic rings. The van der Waals surface area contributed by atoms with E-state index >= 15 is 0 Å². The van der Waals surface area contributed by atoms with E-state index < -0.39 is 0 Å². The van der Waals surface area contributed by atoms with Gasteiger partial charge in [-0.2, -0.15) is 5.26 Å². The second kappa shape index (κ2) is 5.45. The van der Waals surface area contributed by atoms with Crippen LogP contribution in [0.4, 0.5) is 0 Å². The van der Waals surface area contributed by atoms with E-state index in [4.69, 9.17) is 0 Å². The highest BCUT2D eigenvalue weighted by molar-refractivity contribution is 5.40. The second-order valence-electron chi connectivity index (χ2n) is 4.59. The van der Waals surface area contributed by atoms with Gasteiger partial charge in [0.15, 0.2) is 0 Å². The molecule has 0 spiro atoms. The minimum absolute atomic E-state index is 0.211. The van der Waals surface area contributed by atoms with Gasteiger partial charge in [0.2, 0.25) is 0 Å². The van der Waals surface area contributed by atoms with Crippen molar-refractivity contribution in [3.05, 3.63) is 59.2 Å². The number of aromatic hydroxyl groups is 2. The molecule has 0 unspecified atom stereocenters. The Morgan fingerprint density at radius 2 is 1.68 bits per heavy atom. The molecule has 0 heterocycles. The summed E-state index contributed by atoms with van der Waals surface area (Å²) >= 11 is 0. The normalized spacial score (nSPS) is 11.8. The van der Waals surface area contributed by atoms with E-state index in [1.54, 1.807) is 30.3 Å².